The molecule has 0 aliphatic heterocycles. The van der Waals surface area contributed by atoms with E-state index < -0.39 is 10.8 Å². The second kappa shape index (κ2) is 8.70. The fraction of sp³-hybridized carbons (Fsp3) is 0.909. The van der Waals surface area contributed by atoms with Crippen molar-refractivity contribution < 1.29 is 13.7 Å². The van der Waals surface area contributed by atoms with Gasteiger partial charge in [-0.05, 0) is 13.3 Å². The summed E-state index contributed by atoms with van der Waals surface area (Å²) < 4.78 is 15.9. The van der Waals surface area contributed by atoms with Crippen molar-refractivity contribution in [3.63, 3.8) is 0 Å². The number of hydrogen-bond donors (Lipinski definition) is 1. The third kappa shape index (κ3) is 6.23. The fourth-order valence-corrected chi connectivity index (χ4v) is 1.61. The van der Waals surface area contributed by atoms with Crippen molar-refractivity contribution in [2.75, 3.05) is 19.9 Å². The molecule has 4 nitrogen and oxygen atoms in total. The van der Waals surface area contributed by atoms with Gasteiger partial charge < -0.3 is 10.1 Å². The van der Waals surface area contributed by atoms with Gasteiger partial charge in [0.05, 0.1) is 7.11 Å². The Morgan fingerprint density at radius 2 is 2.12 bits per heavy atom. The second-order valence-electron chi connectivity index (χ2n) is 3.94. The van der Waals surface area contributed by atoms with Gasteiger partial charge in [0.2, 0.25) is 0 Å². The Hall–Kier alpha value is -0.420. The van der Waals surface area contributed by atoms with Crippen molar-refractivity contribution in [2.24, 2.45) is 0 Å². The van der Waals surface area contributed by atoms with Crippen LogP contribution in [0.2, 0.25) is 0 Å². The van der Waals surface area contributed by atoms with E-state index in [-0.39, 0.29) is 17.3 Å². The maximum absolute atomic E-state index is 11.4. The molecule has 0 aromatic carbocycles. The van der Waals surface area contributed by atoms with Gasteiger partial charge in [-0.25, -0.2) is 0 Å². The van der Waals surface area contributed by atoms with E-state index in [9.17, 15) is 9.00 Å². The Bertz CT molecular complexity index is 233. The van der Waals surface area contributed by atoms with Crippen molar-refractivity contribution in [3.8, 4) is 0 Å². The molecule has 0 aliphatic carbocycles. The van der Waals surface area contributed by atoms with Gasteiger partial charge in [0.25, 0.3) is 0 Å². The van der Waals surface area contributed by atoms with Crippen molar-refractivity contribution in [2.45, 2.75) is 44.4 Å². The number of carbonyl (C=O) groups excluding carboxylic acids is 1. The Labute approximate surface area is 101 Å². The second-order valence-corrected chi connectivity index (χ2v) is 5.74. The molecular formula is C11H23NO3S. The van der Waals surface area contributed by atoms with Crippen LogP contribution in [0.3, 0.4) is 0 Å². The summed E-state index contributed by atoms with van der Waals surface area (Å²) in [6.45, 7) is 4.56. The summed E-state index contributed by atoms with van der Waals surface area (Å²) in [5.74, 6) is -0.234. The Morgan fingerprint density at radius 3 is 2.56 bits per heavy atom. The normalized spacial score (nSPS) is 16.5. The average molecular weight is 249 g/mol. The number of nitrogens with one attached hydrogen (secondary N) is 1. The first kappa shape index (κ1) is 15.6. The molecule has 0 saturated carbocycles. The van der Waals surface area contributed by atoms with Gasteiger partial charge in [0.1, 0.15) is 6.04 Å². The zero-order valence-electron chi connectivity index (χ0n) is 10.6. The average Bonchev–Trinajstić information content (AvgIpc) is 2.27. The number of rotatable bonds is 8. The minimum atomic E-state index is -0.862. The molecule has 0 saturated heterocycles. The summed E-state index contributed by atoms with van der Waals surface area (Å²) in [5, 5.41) is 3.17. The quantitative estimate of drug-likeness (QED) is 0.654. The van der Waals surface area contributed by atoms with Gasteiger partial charge in [0, 0.05) is 28.9 Å². The van der Waals surface area contributed by atoms with Crippen LogP contribution in [0.15, 0.2) is 0 Å². The zero-order chi connectivity index (χ0) is 12.6. The monoisotopic (exact) mass is 249 g/mol. The number of hydrogen-bond acceptors (Lipinski definition) is 4. The topological polar surface area (TPSA) is 55.4 Å². The summed E-state index contributed by atoms with van der Waals surface area (Å²) >= 11 is 0. The van der Waals surface area contributed by atoms with Gasteiger partial charge in [-0.15, -0.1) is 0 Å². The molecule has 0 aromatic heterocycles. The number of unbranched alkanes of at least 4 members (excludes halogenated alkanes) is 1. The Kier molecular flexibility index (Phi) is 8.47. The molecule has 16 heavy (non-hydrogen) atoms. The summed E-state index contributed by atoms with van der Waals surface area (Å²) in [7, 11) is 0.531. The van der Waals surface area contributed by atoms with Crippen LogP contribution in [-0.2, 0) is 20.3 Å². The maximum atomic E-state index is 11.4. The predicted octanol–water partition coefficient (Wildman–Crippen LogP) is 1.07. The first-order chi connectivity index (χ1) is 7.52. The molecule has 5 heteroatoms. The molecule has 0 fully saturated rings. The first-order valence-electron chi connectivity index (χ1n) is 5.66. The predicted molar refractivity (Wildman–Crippen MR) is 66.9 cm³/mol. The number of esters is 1. The minimum absolute atomic E-state index is 0.0498. The van der Waals surface area contributed by atoms with Crippen molar-refractivity contribution in [1.29, 1.82) is 0 Å². The first-order valence-corrected chi connectivity index (χ1v) is 7.28. The van der Waals surface area contributed by atoms with E-state index in [0.717, 1.165) is 19.3 Å². The number of methoxy groups -OCH3 is 1. The van der Waals surface area contributed by atoms with Crippen LogP contribution in [0.4, 0.5) is 0 Å². The minimum Gasteiger partial charge on any atom is -0.468 e. The van der Waals surface area contributed by atoms with Gasteiger partial charge in [-0.1, -0.05) is 19.8 Å². The van der Waals surface area contributed by atoms with Crippen LogP contribution in [0.25, 0.3) is 0 Å². The van der Waals surface area contributed by atoms with Crippen molar-refractivity contribution in [3.05, 3.63) is 0 Å². The largest absolute Gasteiger partial charge is 0.468 e. The smallest absolute Gasteiger partial charge is 0.322 e. The summed E-state index contributed by atoms with van der Waals surface area (Å²) in [5.41, 5.74) is 0. The lowest BCUT2D eigenvalue weighted by atomic mass is 10.1. The third-order valence-electron chi connectivity index (χ3n) is 2.55. The number of ether oxygens (including phenoxy) is 1. The van der Waals surface area contributed by atoms with E-state index >= 15 is 0 Å². The summed E-state index contributed by atoms with van der Waals surface area (Å²) in [6, 6.07) is -0.268. The van der Waals surface area contributed by atoms with Gasteiger partial charge in [-0.2, -0.15) is 0 Å². The van der Waals surface area contributed by atoms with Gasteiger partial charge >= 0.3 is 5.97 Å². The van der Waals surface area contributed by atoms with Gasteiger partial charge in [0.15, 0.2) is 0 Å². The summed E-state index contributed by atoms with van der Waals surface area (Å²) in [6.07, 6.45) is 4.47. The van der Waals surface area contributed by atoms with Crippen LogP contribution in [0.1, 0.15) is 33.1 Å². The maximum Gasteiger partial charge on any atom is 0.322 e. The molecule has 0 rings (SSSR count). The third-order valence-corrected chi connectivity index (χ3v) is 3.85. The van der Waals surface area contributed by atoms with Crippen LogP contribution < -0.4 is 5.32 Å². The Morgan fingerprint density at radius 1 is 1.50 bits per heavy atom. The van der Waals surface area contributed by atoms with Crippen LogP contribution in [-0.4, -0.2) is 41.4 Å². The van der Waals surface area contributed by atoms with E-state index in [4.69, 9.17) is 4.74 Å². The van der Waals surface area contributed by atoms with Crippen LogP contribution in [0.5, 0.6) is 0 Å². The van der Waals surface area contributed by atoms with E-state index in [1.165, 1.54) is 7.11 Å². The van der Waals surface area contributed by atoms with E-state index in [1.807, 2.05) is 6.92 Å². The lowest BCUT2D eigenvalue weighted by Gasteiger charge is -2.18. The van der Waals surface area contributed by atoms with Crippen molar-refractivity contribution >= 4 is 16.8 Å². The van der Waals surface area contributed by atoms with Crippen LogP contribution >= 0.6 is 0 Å². The van der Waals surface area contributed by atoms with E-state index in [1.54, 1.807) is 6.26 Å². The molecule has 0 radical (unpaired) electrons. The molecule has 0 spiro atoms. The standard InChI is InChI=1S/C11H23NO3S/c1-5-6-7-10(11(13)15-3)12-8-9(2)16(4)14/h9-10,12H,5-8H2,1-4H3. The molecule has 0 aliphatic rings. The molecule has 0 heterocycles. The molecule has 0 bridgehead atoms. The SMILES string of the molecule is CCCCC(NCC(C)S(C)=O)C(=O)OC. The van der Waals surface area contributed by atoms with E-state index in [2.05, 4.69) is 12.2 Å². The number of carbonyl (C=O) groups is 1. The highest BCUT2D eigenvalue weighted by Gasteiger charge is 2.19. The fourth-order valence-electron chi connectivity index (χ4n) is 1.28. The lowest BCUT2D eigenvalue weighted by molar-refractivity contribution is -0.143. The van der Waals surface area contributed by atoms with E-state index in [0.29, 0.717) is 6.54 Å². The highest BCUT2D eigenvalue weighted by molar-refractivity contribution is 7.84. The molecule has 3 atom stereocenters. The molecule has 1 N–H and O–H groups in total. The van der Waals surface area contributed by atoms with Crippen molar-refractivity contribution in [1.82, 2.24) is 5.32 Å². The molecule has 3 unspecified atom stereocenters. The van der Waals surface area contributed by atoms with Crippen LogP contribution in [0, 0.1) is 0 Å². The zero-order valence-corrected chi connectivity index (χ0v) is 11.4. The van der Waals surface area contributed by atoms with Gasteiger partial charge in [-0.3, -0.25) is 9.00 Å². The molecular weight excluding hydrogens is 226 g/mol. The molecule has 96 valence electrons. The lowest BCUT2D eigenvalue weighted by Crippen LogP contribution is -2.41. The summed E-state index contributed by atoms with van der Waals surface area (Å²) in [4.78, 5) is 11.4. The molecule has 0 amide bonds. The highest BCUT2D eigenvalue weighted by atomic mass is 32.2. The highest BCUT2D eigenvalue weighted by Crippen LogP contribution is 2.03. The molecule has 0 aromatic rings. The Balaban J connectivity index is 4.10.